The van der Waals surface area contributed by atoms with Gasteiger partial charge in [-0.15, -0.1) is 0 Å². The Bertz CT molecular complexity index is 692. The first-order valence-electron chi connectivity index (χ1n) is 6.10. The van der Waals surface area contributed by atoms with Gasteiger partial charge < -0.3 is 0 Å². The van der Waals surface area contributed by atoms with Gasteiger partial charge in [-0.3, -0.25) is 9.48 Å². The molecule has 0 spiro atoms. The maximum absolute atomic E-state index is 12.6. The fraction of sp³-hybridized carbons (Fsp3) is 0.286. The van der Waals surface area contributed by atoms with Gasteiger partial charge in [-0.2, -0.15) is 18.3 Å². The summed E-state index contributed by atoms with van der Waals surface area (Å²) < 4.78 is 40.0. The van der Waals surface area contributed by atoms with E-state index in [1.807, 2.05) is 24.3 Å². The zero-order valence-electron chi connectivity index (χ0n) is 11.3. The topological polar surface area (TPSA) is 34.9 Å². The molecule has 1 heterocycles. The van der Waals surface area contributed by atoms with Crippen LogP contribution >= 0.6 is 15.9 Å². The van der Waals surface area contributed by atoms with Crippen LogP contribution in [0.15, 0.2) is 28.7 Å². The highest BCUT2D eigenvalue weighted by Gasteiger charge is 2.42. The van der Waals surface area contributed by atoms with E-state index in [0.717, 1.165) is 10.0 Å². The molecule has 112 valence electrons. The van der Waals surface area contributed by atoms with Crippen molar-refractivity contribution in [3.63, 3.8) is 0 Å². The number of halogens is 4. The van der Waals surface area contributed by atoms with Crippen molar-refractivity contribution in [3.8, 4) is 0 Å². The minimum absolute atomic E-state index is 0.0851. The zero-order chi connectivity index (χ0) is 15.8. The van der Waals surface area contributed by atoms with Crippen molar-refractivity contribution in [1.82, 2.24) is 9.78 Å². The molecule has 0 radical (unpaired) electrons. The molecule has 0 atom stereocenters. The molecule has 21 heavy (non-hydrogen) atoms. The predicted octanol–water partition coefficient (Wildman–Crippen LogP) is 4.06. The lowest BCUT2D eigenvalue weighted by atomic mass is 10.1. The summed E-state index contributed by atoms with van der Waals surface area (Å²) in [6.45, 7) is 3.16. The summed E-state index contributed by atoms with van der Waals surface area (Å²) in [6.07, 6.45) is -4.89. The number of benzene rings is 1. The number of hydrogen-bond acceptors (Lipinski definition) is 2. The van der Waals surface area contributed by atoms with Gasteiger partial charge in [0.25, 0.3) is 5.78 Å². The molecule has 0 amide bonds. The van der Waals surface area contributed by atoms with Crippen molar-refractivity contribution in [2.75, 3.05) is 0 Å². The summed E-state index contributed by atoms with van der Waals surface area (Å²) in [5.41, 5.74) is 0.802. The quantitative estimate of drug-likeness (QED) is 0.773. The molecule has 2 rings (SSSR count). The molecule has 1 aromatic carbocycles. The average Bonchev–Trinajstić information content (AvgIpc) is 2.65. The standard InChI is InChI=1S/C14H12BrF3N2O/c1-8-12(13(21)14(16,17)18)9(2)20(19-8)7-10-5-3-4-6-11(10)15/h3-6H,7H2,1-2H3. The molecule has 0 saturated heterocycles. The van der Waals surface area contributed by atoms with Crippen LogP contribution in [0.2, 0.25) is 0 Å². The van der Waals surface area contributed by atoms with Crippen LogP contribution in [0.5, 0.6) is 0 Å². The number of ketones is 1. The Morgan fingerprint density at radius 3 is 2.48 bits per heavy atom. The number of Topliss-reactive ketones (excluding diaryl/α,β-unsaturated/α-hetero) is 1. The second-order valence-electron chi connectivity index (χ2n) is 4.62. The van der Waals surface area contributed by atoms with Crippen LogP contribution in [0.3, 0.4) is 0 Å². The summed E-state index contributed by atoms with van der Waals surface area (Å²) in [5.74, 6) is -1.85. The van der Waals surface area contributed by atoms with Crippen LogP contribution in [-0.4, -0.2) is 21.7 Å². The van der Waals surface area contributed by atoms with E-state index in [1.54, 1.807) is 0 Å². The molecule has 7 heteroatoms. The first-order chi connectivity index (χ1) is 9.71. The molecule has 0 saturated carbocycles. The van der Waals surface area contributed by atoms with Gasteiger partial charge in [-0.25, -0.2) is 0 Å². The fourth-order valence-corrected chi connectivity index (χ4v) is 2.52. The molecule has 0 unspecified atom stereocenters. The van der Waals surface area contributed by atoms with Gasteiger partial charge in [-0.05, 0) is 25.5 Å². The summed E-state index contributed by atoms with van der Waals surface area (Å²) in [4.78, 5) is 11.5. The first kappa shape index (κ1) is 15.8. The number of rotatable bonds is 3. The number of aryl methyl sites for hydroxylation is 1. The number of carbonyl (C=O) groups excluding carboxylic acids is 1. The summed E-state index contributed by atoms with van der Waals surface area (Å²) >= 11 is 3.38. The largest absolute Gasteiger partial charge is 0.455 e. The molecule has 3 nitrogen and oxygen atoms in total. The molecular formula is C14H12BrF3N2O. The maximum Gasteiger partial charge on any atom is 0.455 e. The normalized spacial score (nSPS) is 11.7. The van der Waals surface area contributed by atoms with E-state index < -0.39 is 12.0 Å². The molecule has 0 N–H and O–H groups in total. The van der Waals surface area contributed by atoms with Gasteiger partial charge in [0, 0.05) is 10.2 Å². The molecule has 2 aromatic rings. The van der Waals surface area contributed by atoms with Crippen LogP contribution in [0.1, 0.15) is 27.3 Å². The van der Waals surface area contributed by atoms with Crippen molar-refractivity contribution in [2.45, 2.75) is 26.6 Å². The van der Waals surface area contributed by atoms with Crippen LogP contribution in [-0.2, 0) is 6.54 Å². The van der Waals surface area contributed by atoms with Crippen LogP contribution in [0.4, 0.5) is 13.2 Å². The van der Waals surface area contributed by atoms with E-state index in [2.05, 4.69) is 21.0 Å². The van der Waals surface area contributed by atoms with Crippen molar-refractivity contribution in [3.05, 3.63) is 51.3 Å². The van der Waals surface area contributed by atoms with E-state index in [-0.39, 0.29) is 17.0 Å². The molecule has 0 fully saturated rings. The van der Waals surface area contributed by atoms with Gasteiger partial charge in [0.2, 0.25) is 0 Å². The van der Waals surface area contributed by atoms with Gasteiger partial charge in [0.1, 0.15) is 0 Å². The molecule has 0 bridgehead atoms. The minimum Gasteiger partial charge on any atom is -0.284 e. The Hall–Kier alpha value is -1.63. The lowest BCUT2D eigenvalue weighted by Gasteiger charge is -2.08. The first-order valence-corrected chi connectivity index (χ1v) is 6.90. The average molecular weight is 361 g/mol. The number of alkyl halides is 3. The Morgan fingerprint density at radius 1 is 1.29 bits per heavy atom. The van der Waals surface area contributed by atoms with E-state index >= 15 is 0 Å². The van der Waals surface area contributed by atoms with E-state index in [1.165, 1.54) is 18.5 Å². The van der Waals surface area contributed by atoms with E-state index in [0.29, 0.717) is 6.54 Å². The number of aromatic nitrogens is 2. The van der Waals surface area contributed by atoms with Gasteiger partial charge >= 0.3 is 6.18 Å². The SMILES string of the molecule is Cc1nn(Cc2ccccc2Br)c(C)c1C(=O)C(F)(F)F. The van der Waals surface area contributed by atoms with Gasteiger partial charge in [-0.1, -0.05) is 34.1 Å². The van der Waals surface area contributed by atoms with E-state index in [4.69, 9.17) is 0 Å². The van der Waals surface area contributed by atoms with Crippen LogP contribution in [0.25, 0.3) is 0 Å². The Kier molecular flexibility index (Phi) is 4.22. The lowest BCUT2D eigenvalue weighted by molar-refractivity contribution is -0.0886. The minimum atomic E-state index is -4.89. The van der Waals surface area contributed by atoms with E-state index in [9.17, 15) is 18.0 Å². The number of hydrogen-bond donors (Lipinski definition) is 0. The Balaban J connectivity index is 2.41. The molecular weight excluding hydrogens is 349 g/mol. The second kappa shape index (κ2) is 5.63. The monoisotopic (exact) mass is 360 g/mol. The van der Waals surface area contributed by atoms with Crippen LogP contribution < -0.4 is 0 Å². The molecule has 0 aliphatic heterocycles. The highest BCUT2D eigenvalue weighted by atomic mass is 79.9. The summed E-state index contributed by atoms with van der Waals surface area (Å²) in [7, 11) is 0. The van der Waals surface area contributed by atoms with Crippen molar-refractivity contribution < 1.29 is 18.0 Å². The summed E-state index contributed by atoms with van der Waals surface area (Å²) in [6, 6.07) is 7.34. The molecule has 1 aromatic heterocycles. The highest BCUT2D eigenvalue weighted by molar-refractivity contribution is 9.10. The summed E-state index contributed by atoms with van der Waals surface area (Å²) in [5, 5.41) is 4.06. The van der Waals surface area contributed by atoms with Crippen molar-refractivity contribution >= 4 is 21.7 Å². The number of nitrogens with zero attached hydrogens (tertiary/aromatic N) is 2. The third-order valence-electron chi connectivity index (χ3n) is 3.14. The molecule has 0 aliphatic rings. The van der Waals surface area contributed by atoms with Gasteiger partial charge in [0.15, 0.2) is 0 Å². The lowest BCUT2D eigenvalue weighted by Crippen LogP contribution is -2.24. The predicted molar refractivity (Wildman–Crippen MR) is 75.3 cm³/mol. The zero-order valence-corrected chi connectivity index (χ0v) is 12.9. The third kappa shape index (κ3) is 3.18. The van der Waals surface area contributed by atoms with Gasteiger partial charge in [0.05, 0.1) is 17.8 Å². The third-order valence-corrected chi connectivity index (χ3v) is 3.92. The molecule has 0 aliphatic carbocycles. The second-order valence-corrected chi connectivity index (χ2v) is 5.48. The Labute approximate surface area is 127 Å². The van der Waals surface area contributed by atoms with Crippen molar-refractivity contribution in [2.24, 2.45) is 0 Å². The van der Waals surface area contributed by atoms with Crippen molar-refractivity contribution in [1.29, 1.82) is 0 Å². The smallest absolute Gasteiger partial charge is 0.284 e. The maximum atomic E-state index is 12.6. The number of carbonyl (C=O) groups is 1. The fourth-order valence-electron chi connectivity index (χ4n) is 2.11. The van der Waals surface area contributed by atoms with Crippen LogP contribution in [0, 0.1) is 13.8 Å². The highest BCUT2D eigenvalue weighted by Crippen LogP contribution is 2.26. The Morgan fingerprint density at radius 2 is 1.90 bits per heavy atom.